The number of carbonyl (C=O) groups is 2. The van der Waals surface area contributed by atoms with Gasteiger partial charge in [0.25, 0.3) is 0 Å². The van der Waals surface area contributed by atoms with Gasteiger partial charge in [-0.1, -0.05) is 20.8 Å². The van der Waals surface area contributed by atoms with E-state index in [2.05, 4.69) is 6.42 Å². The average Bonchev–Trinajstić information content (AvgIpc) is 2.56. The molecule has 1 amide bonds. The summed E-state index contributed by atoms with van der Waals surface area (Å²) in [7, 11) is 0. The van der Waals surface area contributed by atoms with E-state index in [4.69, 9.17) is 0 Å². The third-order valence-corrected chi connectivity index (χ3v) is 4.40. The van der Waals surface area contributed by atoms with Gasteiger partial charge in [0.2, 0.25) is 5.91 Å². The molecule has 0 atom stereocenters. The zero-order chi connectivity index (χ0) is 15.0. The molecule has 0 aromatic carbocycles. The van der Waals surface area contributed by atoms with Crippen molar-refractivity contribution in [1.29, 1.82) is 0 Å². The van der Waals surface area contributed by atoms with Crippen LogP contribution in [0, 0.1) is 18.3 Å². The van der Waals surface area contributed by atoms with E-state index in [0.717, 1.165) is 51.6 Å². The summed E-state index contributed by atoms with van der Waals surface area (Å²) in [4.78, 5) is 26.0. The number of rotatable bonds is 3. The number of hydrogen-bond donors (Lipinski definition) is 0. The first-order valence-corrected chi connectivity index (χ1v) is 8.35. The molecule has 4 heteroatoms. The maximum Gasteiger partial charge on any atom is 0.225 e. The predicted octanol–water partition coefficient (Wildman–Crippen LogP) is 3.62. The molecule has 21 heavy (non-hydrogen) atoms. The summed E-state index contributed by atoms with van der Waals surface area (Å²) in [5, 5.41) is 0. The molecule has 1 aliphatic carbocycles. The maximum atomic E-state index is 12.3. The summed E-state index contributed by atoms with van der Waals surface area (Å²) in [6, 6.07) is 0. The Labute approximate surface area is 155 Å². The minimum Gasteiger partial charge on any atom is -0.348 e. The van der Waals surface area contributed by atoms with E-state index < -0.39 is 0 Å². The van der Waals surface area contributed by atoms with Gasteiger partial charge < -0.3 is 11.3 Å². The fraction of sp³-hybridized carbons (Fsp3) is 0.824. The molecule has 2 fully saturated rings. The number of likely N-dealkylation sites (tertiary alicyclic amines) is 1. The molecule has 1 saturated carbocycles. The number of hydrogen-bond acceptors (Lipinski definition) is 2. The van der Waals surface area contributed by atoms with Gasteiger partial charge in [-0.05, 0) is 38.8 Å². The van der Waals surface area contributed by atoms with Crippen LogP contribution in [0.25, 0.3) is 0 Å². The maximum absolute atomic E-state index is 12.3. The number of carbonyl (C=O) groups excluding carboxylic acids is 2. The van der Waals surface area contributed by atoms with Crippen LogP contribution in [-0.2, 0) is 42.3 Å². The van der Waals surface area contributed by atoms with Crippen LogP contribution >= 0.6 is 0 Å². The SMILES string of the molecule is CC.CCC(=O)C1CCC(C(=O)N2CC[CH-]CC2)CC1.[Y]. The Kier molecular flexibility index (Phi) is 11.9. The average molecular weight is 369 g/mol. The molecule has 2 rings (SSSR count). The Morgan fingerprint density at radius 1 is 1.00 bits per heavy atom. The normalized spacial score (nSPS) is 25.2. The predicted molar refractivity (Wildman–Crippen MR) is 82.2 cm³/mol. The Hall–Kier alpha value is 0.244. The van der Waals surface area contributed by atoms with Crippen molar-refractivity contribution in [2.45, 2.75) is 65.7 Å². The summed E-state index contributed by atoms with van der Waals surface area (Å²) in [6.07, 6.45) is 8.65. The smallest absolute Gasteiger partial charge is 0.225 e. The van der Waals surface area contributed by atoms with Crippen molar-refractivity contribution in [3.63, 3.8) is 0 Å². The molecule has 0 bridgehead atoms. The van der Waals surface area contributed by atoms with E-state index in [1.807, 2.05) is 25.7 Å². The van der Waals surface area contributed by atoms with Crippen molar-refractivity contribution >= 4 is 11.7 Å². The molecule has 1 aliphatic heterocycles. The summed E-state index contributed by atoms with van der Waals surface area (Å²) in [5.74, 6) is 1.14. The van der Waals surface area contributed by atoms with E-state index in [1.54, 1.807) is 0 Å². The molecule has 0 N–H and O–H groups in total. The van der Waals surface area contributed by atoms with Crippen LogP contribution in [0.15, 0.2) is 0 Å². The first-order valence-electron chi connectivity index (χ1n) is 8.35. The summed E-state index contributed by atoms with van der Waals surface area (Å²) < 4.78 is 0. The first kappa shape index (κ1) is 21.2. The third-order valence-electron chi connectivity index (χ3n) is 4.40. The number of ketones is 1. The zero-order valence-corrected chi connectivity index (χ0v) is 16.8. The number of piperidine rings is 1. The van der Waals surface area contributed by atoms with Gasteiger partial charge in [0.15, 0.2) is 0 Å². The van der Waals surface area contributed by atoms with Crippen LogP contribution in [-0.4, -0.2) is 29.7 Å². The van der Waals surface area contributed by atoms with Crippen molar-refractivity contribution in [3.05, 3.63) is 6.42 Å². The van der Waals surface area contributed by atoms with Crippen LogP contribution in [0.1, 0.15) is 65.7 Å². The zero-order valence-electron chi connectivity index (χ0n) is 13.9. The van der Waals surface area contributed by atoms with Crippen molar-refractivity contribution in [1.82, 2.24) is 4.90 Å². The third kappa shape index (κ3) is 6.48. The van der Waals surface area contributed by atoms with E-state index in [0.29, 0.717) is 18.1 Å². The molecule has 0 aromatic heterocycles. The van der Waals surface area contributed by atoms with Crippen LogP contribution in [0.2, 0.25) is 0 Å². The minimum absolute atomic E-state index is 0. The number of Topliss-reactive ketones (excluding diaryl/α,β-unsaturated/α-hetero) is 1. The monoisotopic (exact) mass is 369 g/mol. The quantitative estimate of drug-likeness (QED) is 0.713. The van der Waals surface area contributed by atoms with Gasteiger partial charge in [0.1, 0.15) is 5.78 Å². The van der Waals surface area contributed by atoms with Gasteiger partial charge in [0.05, 0.1) is 0 Å². The molecule has 2 aliphatic rings. The van der Waals surface area contributed by atoms with Crippen molar-refractivity contribution in [2.75, 3.05) is 13.1 Å². The van der Waals surface area contributed by atoms with E-state index in [1.165, 1.54) is 0 Å². The van der Waals surface area contributed by atoms with E-state index in [9.17, 15) is 9.59 Å². The Morgan fingerprint density at radius 2 is 1.48 bits per heavy atom. The molecule has 0 spiro atoms. The standard InChI is InChI=1S/C15H24NO2.C2H6.Y/c1-2-14(17)12-6-8-13(9-7-12)15(18)16-10-4-3-5-11-16;1-2;/h3,12-13H,2,4-11H2,1H3;1-2H3;/q-1;;. The van der Waals surface area contributed by atoms with Gasteiger partial charge in [-0.25, -0.2) is 0 Å². The summed E-state index contributed by atoms with van der Waals surface area (Å²) in [6.45, 7) is 7.73. The summed E-state index contributed by atoms with van der Waals surface area (Å²) in [5.41, 5.74) is 0. The van der Waals surface area contributed by atoms with Crippen LogP contribution < -0.4 is 0 Å². The molecular formula is C17H30NO2Y-. The van der Waals surface area contributed by atoms with Crippen molar-refractivity contribution in [2.24, 2.45) is 11.8 Å². The van der Waals surface area contributed by atoms with Gasteiger partial charge >= 0.3 is 0 Å². The molecule has 1 radical (unpaired) electrons. The second-order valence-corrected chi connectivity index (χ2v) is 5.56. The van der Waals surface area contributed by atoms with Crippen molar-refractivity contribution < 1.29 is 42.3 Å². The van der Waals surface area contributed by atoms with Crippen LogP contribution in [0.5, 0.6) is 0 Å². The van der Waals surface area contributed by atoms with E-state index >= 15 is 0 Å². The fourth-order valence-corrected chi connectivity index (χ4v) is 3.18. The first-order chi connectivity index (χ1) is 9.72. The van der Waals surface area contributed by atoms with Crippen molar-refractivity contribution in [3.8, 4) is 0 Å². The molecule has 0 unspecified atom stereocenters. The molecule has 119 valence electrons. The molecule has 3 nitrogen and oxygen atoms in total. The second-order valence-electron chi connectivity index (χ2n) is 5.56. The largest absolute Gasteiger partial charge is 0.348 e. The number of nitrogens with zero attached hydrogens (tertiary/aromatic N) is 1. The topological polar surface area (TPSA) is 37.4 Å². The van der Waals surface area contributed by atoms with Crippen LogP contribution in [0.4, 0.5) is 0 Å². The summed E-state index contributed by atoms with van der Waals surface area (Å²) >= 11 is 0. The second kappa shape index (κ2) is 11.8. The van der Waals surface area contributed by atoms with Crippen LogP contribution in [0.3, 0.4) is 0 Å². The van der Waals surface area contributed by atoms with Gasteiger partial charge in [-0.15, -0.1) is 0 Å². The molecule has 1 saturated heterocycles. The molecule has 1 heterocycles. The minimum atomic E-state index is 0. The van der Waals surface area contributed by atoms with Gasteiger partial charge in [-0.3, -0.25) is 9.59 Å². The van der Waals surface area contributed by atoms with Gasteiger partial charge in [0, 0.05) is 51.0 Å². The number of amides is 1. The molecule has 0 aromatic rings. The Morgan fingerprint density at radius 3 is 1.95 bits per heavy atom. The fourth-order valence-electron chi connectivity index (χ4n) is 3.18. The van der Waals surface area contributed by atoms with E-state index in [-0.39, 0.29) is 44.5 Å². The Balaban J connectivity index is 0.00000128. The van der Waals surface area contributed by atoms with Gasteiger partial charge in [-0.2, -0.15) is 12.8 Å². The molecular weight excluding hydrogens is 339 g/mol. The Bertz CT molecular complexity index is 306.